The number of anilines is 1. The van der Waals surface area contributed by atoms with E-state index in [4.69, 9.17) is 10.5 Å². The zero-order valence-electron chi connectivity index (χ0n) is 10.7. The fourth-order valence-electron chi connectivity index (χ4n) is 2.84. The van der Waals surface area contributed by atoms with E-state index in [0.29, 0.717) is 4.57 Å². The number of aliphatic hydroxyl groups excluding tert-OH is 2. The lowest BCUT2D eigenvalue weighted by atomic mass is 9.89. The Hall–Kier alpha value is -1.51. The second kappa shape index (κ2) is 4.24. The number of hydrogen-bond donors (Lipinski definition) is 3. The van der Waals surface area contributed by atoms with Crippen LogP contribution in [0.5, 0.6) is 0 Å². The zero-order chi connectivity index (χ0) is 14.5. The summed E-state index contributed by atoms with van der Waals surface area (Å²) in [7, 11) is 0. The lowest BCUT2D eigenvalue weighted by Gasteiger charge is -2.33. The highest BCUT2D eigenvalue weighted by atomic mass is 19.1. The molecule has 8 heteroatoms. The number of rotatable bonds is 3. The number of ether oxygens (including phenoxy) is 1. The van der Waals surface area contributed by atoms with E-state index in [1.807, 2.05) is 0 Å². The molecule has 0 unspecified atom stereocenters. The molecule has 7 nitrogen and oxygen atoms in total. The van der Waals surface area contributed by atoms with Gasteiger partial charge < -0.3 is 20.7 Å². The lowest BCUT2D eigenvalue weighted by molar-refractivity contribution is -0.119. The SMILES string of the molecule is Nc1ccn([C@]2(F)CO[C@@](CO)(C3CC3)[C@H]2O)c(=O)n1. The van der Waals surface area contributed by atoms with Crippen molar-refractivity contribution in [2.45, 2.75) is 30.3 Å². The van der Waals surface area contributed by atoms with Crippen LogP contribution < -0.4 is 11.4 Å². The Morgan fingerprint density at radius 3 is 2.85 bits per heavy atom. The van der Waals surface area contributed by atoms with Gasteiger partial charge in [0.1, 0.15) is 24.1 Å². The van der Waals surface area contributed by atoms with Gasteiger partial charge in [-0.05, 0) is 24.8 Å². The summed E-state index contributed by atoms with van der Waals surface area (Å²) < 4.78 is 21.2. The third-order valence-electron chi connectivity index (χ3n) is 4.17. The van der Waals surface area contributed by atoms with Crippen LogP contribution >= 0.6 is 0 Å². The summed E-state index contributed by atoms with van der Waals surface area (Å²) >= 11 is 0. The van der Waals surface area contributed by atoms with Gasteiger partial charge in [0.05, 0.1) is 6.61 Å². The second-order valence-corrected chi connectivity index (χ2v) is 5.40. The molecule has 0 radical (unpaired) electrons. The summed E-state index contributed by atoms with van der Waals surface area (Å²) in [6.45, 7) is -1.02. The van der Waals surface area contributed by atoms with E-state index in [9.17, 15) is 15.0 Å². The Morgan fingerprint density at radius 1 is 1.60 bits per heavy atom. The molecule has 1 aromatic heterocycles. The molecule has 1 saturated carbocycles. The van der Waals surface area contributed by atoms with Crippen LogP contribution in [0.2, 0.25) is 0 Å². The van der Waals surface area contributed by atoms with E-state index in [1.165, 1.54) is 6.07 Å². The molecular weight excluding hydrogens is 269 g/mol. The Bertz CT molecular complexity index is 590. The number of hydrogen-bond acceptors (Lipinski definition) is 6. The Morgan fingerprint density at radius 2 is 2.30 bits per heavy atom. The summed E-state index contributed by atoms with van der Waals surface area (Å²) in [5.41, 5.74) is 3.11. The van der Waals surface area contributed by atoms with Crippen LogP contribution in [0.15, 0.2) is 17.1 Å². The van der Waals surface area contributed by atoms with E-state index in [-0.39, 0.29) is 11.7 Å². The fourth-order valence-corrected chi connectivity index (χ4v) is 2.84. The molecule has 1 aliphatic heterocycles. The van der Waals surface area contributed by atoms with Gasteiger partial charge in [-0.3, -0.25) is 4.57 Å². The molecule has 0 spiro atoms. The van der Waals surface area contributed by atoms with Crippen LogP contribution in [-0.4, -0.2) is 44.7 Å². The average Bonchev–Trinajstić information content (AvgIpc) is 3.21. The van der Waals surface area contributed by atoms with Crippen molar-refractivity contribution in [3.8, 4) is 0 Å². The first-order valence-electron chi connectivity index (χ1n) is 6.41. The van der Waals surface area contributed by atoms with E-state index in [2.05, 4.69) is 4.98 Å². The number of alkyl halides is 1. The van der Waals surface area contributed by atoms with Crippen LogP contribution in [0.4, 0.5) is 10.2 Å². The molecule has 20 heavy (non-hydrogen) atoms. The standard InChI is InChI=1S/C12H16FN3O4/c13-12(16-4-3-8(14)15-10(16)19)6-20-11(5-17,9(12)18)7-1-2-7/h3-4,7,9,17-18H,1-2,5-6H2,(H2,14,15,19)/t9-,11+,12-/m1/s1. The van der Waals surface area contributed by atoms with Gasteiger partial charge >= 0.3 is 5.69 Å². The molecule has 110 valence electrons. The smallest absolute Gasteiger partial charge is 0.352 e. The van der Waals surface area contributed by atoms with Gasteiger partial charge in [-0.15, -0.1) is 0 Å². The van der Waals surface area contributed by atoms with Crippen molar-refractivity contribution in [2.24, 2.45) is 5.92 Å². The van der Waals surface area contributed by atoms with Crippen molar-refractivity contribution >= 4 is 5.82 Å². The molecule has 2 fully saturated rings. The van der Waals surface area contributed by atoms with Crippen molar-refractivity contribution in [1.29, 1.82) is 0 Å². The molecule has 2 heterocycles. The first-order chi connectivity index (χ1) is 9.44. The molecule has 3 atom stereocenters. The summed E-state index contributed by atoms with van der Waals surface area (Å²) in [5.74, 6) is -2.58. The molecule has 1 aromatic rings. The van der Waals surface area contributed by atoms with E-state index in [0.717, 1.165) is 19.0 Å². The maximum absolute atomic E-state index is 15.1. The monoisotopic (exact) mass is 285 g/mol. The molecule has 0 amide bonds. The summed E-state index contributed by atoms with van der Waals surface area (Å²) in [6.07, 6.45) is 0.999. The summed E-state index contributed by atoms with van der Waals surface area (Å²) in [6, 6.07) is 1.27. The number of nitrogens with two attached hydrogens (primary N) is 1. The quantitative estimate of drug-likeness (QED) is 0.655. The van der Waals surface area contributed by atoms with Gasteiger partial charge in [0, 0.05) is 6.20 Å². The van der Waals surface area contributed by atoms with E-state index < -0.39 is 36.4 Å². The zero-order valence-corrected chi connectivity index (χ0v) is 10.7. The molecule has 0 aromatic carbocycles. The normalized spacial score (nSPS) is 37.2. The lowest BCUT2D eigenvalue weighted by Crippen LogP contribution is -2.54. The van der Waals surface area contributed by atoms with Crippen LogP contribution in [0.1, 0.15) is 12.8 Å². The van der Waals surface area contributed by atoms with Gasteiger partial charge in [-0.1, -0.05) is 0 Å². The second-order valence-electron chi connectivity index (χ2n) is 5.40. The fraction of sp³-hybridized carbons (Fsp3) is 0.667. The van der Waals surface area contributed by atoms with Gasteiger partial charge in [-0.25, -0.2) is 9.18 Å². The highest BCUT2D eigenvalue weighted by Crippen LogP contribution is 2.51. The van der Waals surface area contributed by atoms with Crippen LogP contribution in [0.3, 0.4) is 0 Å². The minimum atomic E-state index is -2.46. The molecule has 4 N–H and O–H groups in total. The Labute approximate surface area is 113 Å². The minimum Gasteiger partial charge on any atom is -0.393 e. The maximum Gasteiger partial charge on any atom is 0.352 e. The number of nitrogens with zero attached hydrogens (tertiary/aromatic N) is 2. The molecule has 2 aliphatic rings. The van der Waals surface area contributed by atoms with Crippen molar-refractivity contribution in [3.63, 3.8) is 0 Å². The maximum atomic E-state index is 15.1. The topological polar surface area (TPSA) is 111 Å². The highest BCUT2D eigenvalue weighted by Gasteiger charge is 2.65. The number of nitrogen functional groups attached to an aromatic ring is 1. The third kappa shape index (κ3) is 1.68. The first kappa shape index (κ1) is 13.5. The van der Waals surface area contributed by atoms with Crippen molar-refractivity contribution in [1.82, 2.24) is 9.55 Å². The van der Waals surface area contributed by atoms with Crippen molar-refractivity contribution < 1.29 is 19.3 Å². The highest BCUT2D eigenvalue weighted by molar-refractivity contribution is 5.24. The Kier molecular flexibility index (Phi) is 2.86. The van der Waals surface area contributed by atoms with Gasteiger partial charge in [0.2, 0.25) is 5.79 Å². The van der Waals surface area contributed by atoms with Crippen molar-refractivity contribution in [3.05, 3.63) is 22.7 Å². The van der Waals surface area contributed by atoms with Crippen molar-refractivity contribution in [2.75, 3.05) is 18.9 Å². The molecule has 3 rings (SSSR count). The summed E-state index contributed by atoms with van der Waals surface area (Å²) in [4.78, 5) is 15.2. The minimum absolute atomic E-state index is 0.0288. The predicted molar refractivity (Wildman–Crippen MR) is 66.5 cm³/mol. The first-order valence-corrected chi connectivity index (χ1v) is 6.41. The Balaban J connectivity index is 2.03. The predicted octanol–water partition coefficient (Wildman–Crippen LogP) is -1.02. The third-order valence-corrected chi connectivity index (χ3v) is 4.17. The van der Waals surface area contributed by atoms with Crippen LogP contribution in [-0.2, 0) is 10.5 Å². The number of aliphatic hydroxyl groups is 2. The van der Waals surface area contributed by atoms with E-state index in [1.54, 1.807) is 0 Å². The molecule has 0 bridgehead atoms. The average molecular weight is 285 g/mol. The number of aromatic nitrogens is 2. The van der Waals surface area contributed by atoms with Gasteiger partial charge in [-0.2, -0.15) is 4.98 Å². The van der Waals surface area contributed by atoms with Crippen LogP contribution in [0.25, 0.3) is 0 Å². The van der Waals surface area contributed by atoms with E-state index >= 15 is 4.39 Å². The number of halogens is 1. The molecule has 1 aliphatic carbocycles. The largest absolute Gasteiger partial charge is 0.393 e. The molecule has 1 saturated heterocycles. The molecular formula is C12H16FN3O4. The van der Waals surface area contributed by atoms with Gasteiger partial charge in [0.25, 0.3) is 0 Å². The summed E-state index contributed by atoms with van der Waals surface area (Å²) in [5, 5.41) is 19.9. The van der Waals surface area contributed by atoms with Gasteiger partial charge in [0.15, 0.2) is 0 Å². The van der Waals surface area contributed by atoms with Crippen LogP contribution in [0, 0.1) is 5.92 Å².